The molecule has 0 saturated carbocycles. The van der Waals surface area contributed by atoms with Crippen molar-refractivity contribution in [2.75, 3.05) is 5.43 Å². The number of halogens is 1. The number of hydrogen-bond acceptors (Lipinski definition) is 3. The lowest BCUT2D eigenvalue weighted by atomic mass is 10.3. The van der Waals surface area contributed by atoms with Crippen LogP contribution in [-0.2, 0) is 0 Å². The maximum Gasteiger partial charge on any atom is 0.0748 e. The van der Waals surface area contributed by atoms with Gasteiger partial charge in [0.25, 0.3) is 0 Å². The molecule has 0 saturated heterocycles. The summed E-state index contributed by atoms with van der Waals surface area (Å²) < 4.78 is 0. The molecule has 1 N–H and O–H groups in total. The number of nitrogens with one attached hydrogen (secondary N) is 1. The van der Waals surface area contributed by atoms with Gasteiger partial charge >= 0.3 is 0 Å². The van der Waals surface area contributed by atoms with Gasteiger partial charge in [-0.15, -0.1) is 11.3 Å². The summed E-state index contributed by atoms with van der Waals surface area (Å²) in [6, 6.07) is 11.6. The van der Waals surface area contributed by atoms with Gasteiger partial charge in [0.2, 0.25) is 0 Å². The van der Waals surface area contributed by atoms with Crippen LogP contribution in [-0.4, -0.2) is 6.21 Å². The largest absolute Gasteiger partial charge is 0.277 e. The van der Waals surface area contributed by atoms with Crippen molar-refractivity contribution in [3.63, 3.8) is 0 Å². The lowest BCUT2D eigenvalue weighted by Crippen LogP contribution is -1.89. The van der Waals surface area contributed by atoms with Gasteiger partial charge in [-0.05, 0) is 31.2 Å². The number of aryl methyl sites for hydroxylation is 1. The molecule has 2 rings (SSSR count). The highest BCUT2D eigenvalue weighted by atomic mass is 35.5. The molecular weight excluding hydrogens is 240 g/mol. The van der Waals surface area contributed by atoms with Crippen LogP contribution in [0.15, 0.2) is 41.5 Å². The van der Waals surface area contributed by atoms with Crippen molar-refractivity contribution < 1.29 is 0 Å². The number of benzene rings is 1. The Hall–Kier alpha value is -1.32. The summed E-state index contributed by atoms with van der Waals surface area (Å²) in [4.78, 5) is 2.40. The number of nitrogens with zero attached hydrogens (tertiary/aromatic N) is 1. The minimum atomic E-state index is 0.669. The highest BCUT2D eigenvalue weighted by Crippen LogP contribution is 2.20. The first-order valence-corrected chi connectivity index (χ1v) is 6.05. The van der Waals surface area contributed by atoms with E-state index in [1.54, 1.807) is 17.6 Å². The minimum Gasteiger partial charge on any atom is -0.277 e. The molecule has 0 bridgehead atoms. The summed E-state index contributed by atoms with van der Waals surface area (Å²) in [5, 5.41) is 4.81. The Bertz CT molecular complexity index is 505. The molecular formula is C12H11ClN2S. The van der Waals surface area contributed by atoms with Gasteiger partial charge in [-0.2, -0.15) is 5.10 Å². The van der Waals surface area contributed by atoms with E-state index in [-0.39, 0.29) is 0 Å². The third kappa shape index (κ3) is 2.84. The smallest absolute Gasteiger partial charge is 0.0748 e. The van der Waals surface area contributed by atoms with Crippen molar-refractivity contribution in [3.8, 4) is 0 Å². The maximum atomic E-state index is 5.98. The molecule has 1 aromatic carbocycles. The van der Waals surface area contributed by atoms with Crippen molar-refractivity contribution in [2.45, 2.75) is 6.92 Å². The van der Waals surface area contributed by atoms with E-state index < -0.39 is 0 Å². The van der Waals surface area contributed by atoms with Crippen molar-refractivity contribution in [1.29, 1.82) is 0 Å². The van der Waals surface area contributed by atoms with Gasteiger partial charge < -0.3 is 0 Å². The van der Waals surface area contributed by atoms with Gasteiger partial charge in [-0.3, -0.25) is 5.43 Å². The summed E-state index contributed by atoms with van der Waals surface area (Å²) in [5.74, 6) is 0. The summed E-state index contributed by atoms with van der Waals surface area (Å²) in [5.41, 5.74) is 3.73. The van der Waals surface area contributed by atoms with Gasteiger partial charge in [0.05, 0.1) is 16.9 Å². The monoisotopic (exact) mass is 250 g/mol. The predicted octanol–water partition coefficient (Wildman–Crippen LogP) is 4.16. The number of hydrazone groups is 1. The molecule has 16 heavy (non-hydrogen) atoms. The van der Waals surface area contributed by atoms with Crippen LogP contribution in [0, 0.1) is 6.92 Å². The first kappa shape index (κ1) is 11.2. The second kappa shape index (κ2) is 5.14. The van der Waals surface area contributed by atoms with Crippen LogP contribution in [0.3, 0.4) is 0 Å². The topological polar surface area (TPSA) is 24.4 Å². The quantitative estimate of drug-likeness (QED) is 0.642. The van der Waals surface area contributed by atoms with Crippen LogP contribution in [0.1, 0.15) is 9.75 Å². The van der Waals surface area contributed by atoms with Crippen LogP contribution in [0.2, 0.25) is 5.02 Å². The molecule has 0 radical (unpaired) electrons. The highest BCUT2D eigenvalue weighted by molar-refractivity contribution is 7.13. The molecule has 0 aliphatic heterocycles. The van der Waals surface area contributed by atoms with Crippen LogP contribution in [0.25, 0.3) is 0 Å². The average Bonchev–Trinajstić information content (AvgIpc) is 2.67. The molecule has 2 aromatic rings. The zero-order valence-corrected chi connectivity index (χ0v) is 10.3. The highest BCUT2D eigenvalue weighted by Gasteiger charge is 1.95. The number of anilines is 1. The molecule has 0 unspecified atom stereocenters. The Balaban J connectivity index is 2.02. The summed E-state index contributed by atoms with van der Waals surface area (Å²) in [7, 11) is 0. The van der Waals surface area contributed by atoms with E-state index in [2.05, 4.69) is 23.5 Å². The second-order valence-corrected chi connectivity index (χ2v) is 5.02. The molecule has 82 valence electrons. The van der Waals surface area contributed by atoms with Crippen LogP contribution < -0.4 is 5.43 Å². The molecule has 0 atom stereocenters. The minimum absolute atomic E-state index is 0.669. The lowest BCUT2D eigenvalue weighted by molar-refractivity contribution is 1.35. The molecule has 1 aromatic heterocycles. The fourth-order valence-corrected chi connectivity index (χ4v) is 2.17. The molecule has 4 heteroatoms. The third-order valence-electron chi connectivity index (χ3n) is 2.01. The van der Waals surface area contributed by atoms with Crippen molar-refractivity contribution >= 4 is 34.8 Å². The second-order valence-electron chi connectivity index (χ2n) is 3.30. The van der Waals surface area contributed by atoms with E-state index in [9.17, 15) is 0 Å². The standard InChI is InChI=1S/C12H11ClN2S/c1-9-6-7-10(16-9)8-14-15-12-5-3-2-4-11(12)13/h2-8,15H,1H3/b14-8-. The van der Waals surface area contributed by atoms with Crippen molar-refractivity contribution in [3.05, 3.63) is 51.2 Å². The number of hydrogen-bond donors (Lipinski definition) is 1. The van der Waals surface area contributed by atoms with Gasteiger partial charge in [-0.1, -0.05) is 23.7 Å². The summed E-state index contributed by atoms with van der Waals surface area (Å²) in [6.45, 7) is 2.07. The lowest BCUT2D eigenvalue weighted by Gasteiger charge is -2.00. The number of rotatable bonds is 3. The summed E-state index contributed by atoms with van der Waals surface area (Å²) >= 11 is 7.68. The Kier molecular flexibility index (Phi) is 3.59. The van der Waals surface area contributed by atoms with E-state index in [0.717, 1.165) is 10.6 Å². The normalized spacial score (nSPS) is 10.9. The summed E-state index contributed by atoms with van der Waals surface area (Å²) in [6.07, 6.45) is 1.79. The SMILES string of the molecule is Cc1ccc(/C=N\Nc2ccccc2Cl)s1. The van der Waals surface area contributed by atoms with Crippen LogP contribution in [0.4, 0.5) is 5.69 Å². The Morgan fingerprint density at radius 1 is 1.25 bits per heavy atom. The van der Waals surface area contributed by atoms with E-state index in [4.69, 9.17) is 11.6 Å². The van der Waals surface area contributed by atoms with E-state index in [1.807, 2.05) is 30.3 Å². The number of para-hydroxylation sites is 1. The first-order valence-electron chi connectivity index (χ1n) is 4.86. The van der Waals surface area contributed by atoms with Gasteiger partial charge in [-0.25, -0.2) is 0 Å². The number of thiophene rings is 1. The fraction of sp³-hybridized carbons (Fsp3) is 0.0833. The van der Waals surface area contributed by atoms with E-state index in [1.165, 1.54) is 4.88 Å². The zero-order chi connectivity index (χ0) is 11.4. The zero-order valence-electron chi connectivity index (χ0n) is 8.77. The molecule has 0 aliphatic rings. The van der Waals surface area contributed by atoms with Gasteiger partial charge in [0.15, 0.2) is 0 Å². The van der Waals surface area contributed by atoms with Gasteiger partial charge in [0.1, 0.15) is 0 Å². The van der Waals surface area contributed by atoms with Crippen LogP contribution in [0.5, 0.6) is 0 Å². The average molecular weight is 251 g/mol. The Labute approximate surface area is 104 Å². The van der Waals surface area contributed by atoms with Crippen molar-refractivity contribution in [1.82, 2.24) is 0 Å². The van der Waals surface area contributed by atoms with E-state index >= 15 is 0 Å². The molecule has 2 nitrogen and oxygen atoms in total. The molecule has 0 fully saturated rings. The molecule has 0 amide bonds. The molecule has 0 spiro atoms. The first-order chi connectivity index (χ1) is 7.75. The predicted molar refractivity (Wildman–Crippen MR) is 71.7 cm³/mol. The van der Waals surface area contributed by atoms with E-state index in [0.29, 0.717) is 5.02 Å². The van der Waals surface area contributed by atoms with Gasteiger partial charge in [0, 0.05) is 9.75 Å². The van der Waals surface area contributed by atoms with Crippen molar-refractivity contribution in [2.24, 2.45) is 5.10 Å². The Morgan fingerprint density at radius 2 is 2.06 bits per heavy atom. The maximum absolute atomic E-state index is 5.98. The Morgan fingerprint density at radius 3 is 2.75 bits per heavy atom. The fourth-order valence-electron chi connectivity index (χ4n) is 1.24. The molecule has 1 heterocycles. The van der Waals surface area contributed by atoms with Crippen LogP contribution >= 0.6 is 22.9 Å². The molecule has 0 aliphatic carbocycles. The third-order valence-corrected chi connectivity index (χ3v) is 3.28.